The van der Waals surface area contributed by atoms with Crippen LogP contribution in [-0.2, 0) is 4.79 Å². The molecule has 4 heteroatoms. The van der Waals surface area contributed by atoms with Gasteiger partial charge in [0.15, 0.2) is 0 Å². The lowest BCUT2D eigenvalue weighted by Gasteiger charge is -1.96. The quantitative estimate of drug-likeness (QED) is 0.666. The van der Waals surface area contributed by atoms with Crippen molar-refractivity contribution in [3.63, 3.8) is 0 Å². The zero-order chi connectivity index (χ0) is 10.6. The summed E-state index contributed by atoms with van der Waals surface area (Å²) >= 11 is 3.22. The number of carboxylic acids is 1. The highest BCUT2D eigenvalue weighted by molar-refractivity contribution is 9.10. The first-order valence-electron chi connectivity index (χ1n) is 3.78. The first-order valence-corrected chi connectivity index (χ1v) is 4.58. The standard InChI is InChI=1S/C10H7BrO3/c11-9-4-7(1-2-10(13)14)3-8(5-9)6-12/h1-6H,(H,13,14). The zero-order valence-electron chi connectivity index (χ0n) is 7.11. The molecule has 0 saturated carbocycles. The van der Waals surface area contributed by atoms with Gasteiger partial charge in [-0.3, -0.25) is 4.79 Å². The van der Waals surface area contributed by atoms with Crippen molar-refractivity contribution in [2.24, 2.45) is 0 Å². The highest BCUT2D eigenvalue weighted by Crippen LogP contribution is 2.15. The van der Waals surface area contributed by atoms with E-state index in [2.05, 4.69) is 15.9 Å². The fraction of sp³-hybridized carbons (Fsp3) is 0. The summed E-state index contributed by atoms with van der Waals surface area (Å²) in [5, 5.41) is 8.40. The van der Waals surface area contributed by atoms with E-state index in [0.717, 1.165) is 10.5 Å². The van der Waals surface area contributed by atoms with Crippen molar-refractivity contribution in [1.82, 2.24) is 0 Å². The second kappa shape index (κ2) is 4.72. The average Bonchev–Trinajstić information content (AvgIpc) is 2.14. The van der Waals surface area contributed by atoms with E-state index in [-0.39, 0.29) is 0 Å². The maximum Gasteiger partial charge on any atom is 0.328 e. The van der Waals surface area contributed by atoms with Gasteiger partial charge in [-0.25, -0.2) is 4.79 Å². The van der Waals surface area contributed by atoms with Crippen molar-refractivity contribution < 1.29 is 14.7 Å². The van der Waals surface area contributed by atoms with E-state index in [0.29, 0.717) is 17.4 Å². The predicted molar refractivity (Wildman–Crippen MR) is 56.2 cm³/mol. The molecule has 0 heterocycles. The van der Waals surface area contributed by atoms with Crippen molar-refractivity contribution in [1.29, 1.82) is 0 Å². The van der Waals surface area contributed by atoms with E-state index in [1.807, 2.05) is 0 Å². The Hall–Kier alpha value is -1.42. The minimum atomic E-state index is -1.02. The van der Waals surface area contributed by atoms with E-state index >= 15 is 0 Å². The maximum atomic E-state index is 10.5. The number of aldehydes is 1. The van der Waals surface area contributed by atoms with Gasteiger partial charge < -0.3 is 5.11 Å². The number of hydrogen-bond acceptors (Lipinski definition) is 2. The molecule has 3 nitrogen and oxygen atoms in total. The largest absolute Gasteiger partial charge is 0.478 e. The lowest BCUT2D eigenvalue weighted by molar-refractivity contribution is -0.131. The first kappa shape index (κ1) is 10.7. The van der Waals surface area contributed by atoms with Crippen molar-refractivity contribution >= 4 is 34.3 Å². The molecule has 0 fully saturated rings. The molecule has 0 unspecified atom stereocenters. The Kier molecular flexibility index (Phi) is 3.59. The number of halogens is 1. The number of aliphatic carboxylic acids is 1. The summed E-state index contributed by atoms with van der Waals surface area (Å²) in [5.74, 6) is -1.02. The normalized spacial score (nSPS) is 10.4. The zero-order valence-corrected chi connectivity index (χ0v) is 8.69. The number of hydrogen-bond donors (Lipinski definition) is 1. The molecule has 1 rings (SSSR count). The predicted octanol–water partition coefficient (Wildman–Crippen LogP) is 2.36. The lowest BCUT2D eigenvalue weighted by atomic mass is 10.1. The third kappa shape index (κ3) is 3.14. The molecule has 1 aromatic carbocycles. The Labute approximate surface area is 89.2 Å². The minimum absolute atomic E-state index is 0.504. The van der Waals surface area contributed by atoms with E-state index in [1.165, 1.54) is 6.08 Å². The van der Waals surface area contributed by atoms with Crippen molar-refractivity contribution in [3.05, 3.63) is 39.9 Å². The number of benzene rings is 1. The summed E-state index contributed by atoms with van der Waals surface area (Å²) in [5.41, 5.74) is 1.17. The Balaban J connectivity index is 3.03. The van der Waals surface area contributed by atoms with Crippen LogP contribution in [0.2, 0.25) is 0 Å². The van der Waals surface area contributed by atoms with Gasteiger partial charge in [0.25, 0.3) is 0 Å². The van der Waals surface area contributed by atoms with Crippen LogP contribution in [-0.4, -0.2) is 17.4 Å². The first-order chi connectivity index (χ1) is 6.61. The van der Waals surface area contributed by atoms with E-state index in [9.17, 15) is 9.59 Å². The maximum absolute atomic E-state index is 10.5. The van der Waals surface area contributed by atoms with Gasteiger partial charge in [0.2, 0.25) is 0 Å². The van der Waals surface area contributed by atoms with Crippen LogP contribution >= 0.6 is 15.9 Å². The van der Waals surface area contributed by atoms with Crippen molar-refractivity contribution in [3.8, 4) is 0 Å². The third-order valence-electron chi connectivity index (χ3n) is 1.50. The van der Waals surface area contributed by atoms with Crippen LogP contribution in [0, 0.1) is 0 Å². The molecular formula is C10H7BrO3. The third-order valence-corrected chi connectivity index (χ3v) is 1.95. The topological polar surface area (TPSA) is 54.4 Å². The molecule has 0 radical (unpaired) electrons. The molecule has 0 saturated heterocycles. The molecule has 0 atom stereocenters. The van der Waals surface area contributed by atoms with E-state index in [4.69, 9.17) is 5.11 Å². The van der Waals surface area contributed by atoms with Crippen LogP contribution in [0.25, 0.3) is 6.08 Å². The highest BCUT2D eigenvalue weighted by Gasteiger charge is 1.96. The molecular weight excluding hydrogens is 248 g/mol. The monoisotopic (exact) mass is 254 g/mol. The molecule has 0 amide bonds. The molecule has 0 aliphatic rings. The molecule has 0 aliphatic heterocycles. The Bertz CT molecular complexity index is 396. The summed E-state index contributed by atoms with van der Waals surface area (Å²) < 4.78 is 0.743. The van der Waals surface area contributed by atoms with E-state index < -0.39 is 5.97 Å². The molecule has 0 aromatic heterocycles. The summed E-state index contributed by atoms with van der Waals surface area (Å²) in [6, 6.07) is 4.99. The van der Waals surface area contributed by atoms with Gasteiger partial charge in [0, 0.05) is 16.1 Å². The molecule has 0 aliphatic carbocycles. The SMILES string of the molecule is O=Cc1cc(Br)cc(C=CC(=O)O)c1. The second-order valence-corrected chi connectivity index (χ2v) is 3.52. The Morgan fingerprint density at radius 2 is 1.93 bits per heavy atom. The Morgan fingerprint density at radius 3 is 2.50 bits per heavy atom. The van der Waals surface area contributed by atoms with Crippen LogP contribution in [0.15, 0.2) is 28.7 Å². The van der Waals surface area contributed by atoms with Crippen LogP contribution in [0.5, 0.6) is 0 Å². The van der Waals surface area contributed by atoms with Gasteiger partial charge in [-0.2, -0.15) is 0 Å². The summed E-state index contributed by atoms with van der Waals surface area (Å²) in [7, 11) is 0. The van der Waals surface area contributed by atoms with Gasteiger partial charge in [-0.1, -0.05) is 15.9 Å². The van der Waals surface area contributed by atoms with Crippen molar-refractivity contribution in [2.75, 3.05) is 0 Å². The molecule has 0 spiro atoms. The van der Waals surface area contributed by atoms with Crippen molar-refractivity contribution in [2.45, 2.75) is 0 Å². The van der Waals surface area contributed by atoms with Crippen LogP contribution in [0.1, 0.15) is 15.9 Å². The smallest absolute Gasteiger partial charge is 0.328 e. The van der Waals surface area contributed by atoms with Gasteiger partial charge >= 0.3 is 5.97 Å². The summed E-state index contributed by atoms with van der Waals surface area (Å²) in [6.45, 7) is 0. The van der Waals surface area contributed by atoms with Crippen LogP contribution in [0.4, 0.5) is 0 Å². The molecule has 14 heavy (non-hydrogen) atoms. The second-order valence-electron chi connectivity index (χ2n) is 2.61. The van der Waals surface area contributed by atoms with E-state index in [1.54, 1.807) is 18.2 Å². The Morgan fingerprint density at radius 1 is 1.29 bits per heavy atom. The van der Waals surface area contributed by atoms with Gasteiger partial charge in [0.05, 0.1) is 0 Å². The molecule has 1 N–H and O–H groups in total. The minimum Gasteiger partial charge on any atom is -0.478 e. The molecule has 0 bridgehead atoms. The highest BCUT2D eigenvalue weighted by atomic mass is 79.9. The van der Waals surface area contributed by atoms with Crippen LogP contribution < -0.4 is 0 Å². The number of carbonyl (C=O) groups is 2. The fourth-order valence-electron chi connectivity index (χ4n) is 0.968. The van der Waals surface area contributed by atoms with Gasteiger partial charge in [0.1, 0.15) is 6.29 Å². The molecule has 1 aromatic rings. The van der Waals surface area contributed by atoms with Gasteiger partial charge in [-0.05, 0) is 29.8 Å². The van der Waals surface area contributed by atoms with Gasteiger partial charge in [-0.15, -0.1) is 0 Å². The summed E-state index contributed by atoms with van der Waals surface area (Å²) in [4.78, 5) is 20.7. The molecule has 72 valence electrons. The number of rotatable bonds is 3. The average molecular weight is 255 g/mol. The van der Waals surface area contributed by atoms with Crippen LogP contribution in [0.3, 0.4) is 0 Å². The number of carboxylic acid groups (broad SMARTS) is 1. The lowest BCUT2D eigenvalue weighted by Crippen LogP contribution is -1.87. The number of carbonyl (C=O) groups excluding carboxylic acids is 1. The summed E-state index contributed by atoms with van der Waals surface area (Å²) in [6.07, 6.45) is 3.17. The fourth-order valence-corrected chi connectivity index (χ4v) is 1.50.